The van der Waals surface area contributed by atoms with E-state index in [4.69, 9.17) is 11.6 Å². The predicted octanol–water partition coefficient (Wildman–Crippen LogP) is 13.9. The molecular weight excluding hydrogens is 1030 g/mol. The van der Waals surface area contributed by atoms with Gasteiger partial charge in [0.25, 0.3) is 0 Å². The molecule has 68 heavy (non-hydrogen) atoms. The third kappa shape index (κ3) is 13.3. The Kier molecular flexibility index (Phi) is 15.4. The Morgan fingerprint density at radius 1 is 0.324 bits per heavy atom. The Labute approximate surface area is 375 Å². The molecule has 0 heterocycles. The largest absolute Gasteiger partial charge is 0.416 e. The highest BCUT2D eigenvalue weighted by molar-refractivity contribution is 7.94. The third-order valence-corrected chi connectivity index (χ3v) is 11.0. The standard InChI is InChI=1S/C32H12BF24.C9H12ClS/c34-25(35,36)13-1-14(26(37,38)39)6-21(5-13)33(22-7-15(27(40,41)42)2-16(8-22)28(43,44)45,23-9-17(29(46,47)48)3-18(10-23)30(49,50)51)24-11-19(31(52,53)54)4-20(12-24)32(55,56)57;1-11(2)7-8-3-5-9(10)6-4-8/h1-12H;3-6H,7H2,1-2H3/q-1;+1. The van der Waals surface area contributed by atoms with Crippen LogP contribution >= 0.6 is 11.6 Å². The maximum atomic E-state index is 14.2. The summed E-state index contributed by atoms with van der Waals surface area (Å²) in [6, 6.07) is -0.729. The molecule has 0 atom stereocenters. The SMILES string of the molecule is C[S+](C)Cc1ccc(Cl)cc1.FC(F)(F)c1cc([B-](c2cc(C(F)(F)F)cc(C(F)(F)F)c2)(c2cc(C(F)(F)F)cc(C(F)(F)F)c2)c2cc(C(F)(F)F)cc(C(F)(F)F)c2)cc(C(F)(F)F)c1. The van der Waals surface area contributed by atoms with Crippen LogP contribution < -0.4 is 21.9 Å². The Balaban J connectivity index is 0.000000802. The molecule has 0 saturated heterocycles. The van der Waals surface area contributed by atoms with Crippen LogP contribution in [-0.2, 0) is 66.1 Å². The van der Waals surface area contributed by atoms with E-state index < -0.39 is 195 Å². The maximum absolute atomic E-state index is 14.2. The highest BCUT2D eigenvalue weighted by atomic mass is 35.5. The van der Waals surface area contributed by atoms with E-state index in [9.17, 15) is 105 Å². The van der Waals surface area contributed by atoms with Crippen LogP contribution in [0.2, 0.25) is 5.02 Å². The van der Waals surface area contributed by atoms with Gasteiger partial charge in [-0.3, -0.25) is 0 Å². The molecule has 0 saturated carbocycles. The van der Waals surface area contributed by atoms with Crippen LogP contribution in [0.25, 0.3) is 0 Å². The van der Waals surface area contributed by atoms with Crippen LogP contribution in [0.1, 0.15) is 50.1 Å². The molecule has 0 spiro atoms. The van der Waals surface area contributed by atoms with Gasteiger partial charge in [0, 0.05) is 10.6 Å². The summed E-state index contributed by atoms with van der Waals surface area (Å²) in [5.74, 6) is 1.16. The highest BCUT2D eigenvalue weighted by Crippen LogP contribution is 2.41. The van der Waals surface area contributed by atoms with Crippen molar-refractivity contribution in [2.24, 2.45) is 0 Å². The Morgan fingerprint density at radius 3 is 0.647 bits per heavy atom. The van der Waals surface area contributed by atoms with E-state index in [1.165, 1.54) is 5.56 Å². The first-order valence-electron chi connectivity index (χ1n) is 18.1. The van der Waals surface area contributed by atoms with Crippen molar-refractivity contribution in [3.63, 3.8) is 0 Å². The van der Waals surface area contributed by atoms with Crippen LogP contribution in [0.15, 0.2) is 97.1 Å². The molecule has 0 unspecified atom stereocenters. The molecule has 0 radical (unpaired) electrons. The number of hydrogen-bond donors (Lipinski definition) is 0. The van der Waals surface area contributed by atoms with Crippen molar-refractivity contribution in [1.29, 1.82) is 0 Å². The molecule has 0 aromatic heterocycles. The summed E-state index contributed by atoms with van der Waals surface area (Å²) < 4.78 is 341. The fourth-order valence-corrected chi connectivity index (χ4v) is 7.97. The lowest BCUT2D eigenvalue weighted by atomic mass is 9.12. The van der Waals surface area contributed by atoms with E-state index in [1.54, 1.807) is 0 Å². The first-order chi connectivity index (χ1) is 30.4. The Hall–Kier alpha value is -4.88. The van der Waals surface area contributed by atoms with Gasteiger partial charge in [0.15, 0.2) is 0 Å². The van der Waals surface area contributed by atoms with Gasteiger partial charge in [-0.1, -0.05) is 72.3 Å². The third-order valence-electron chi connectivity index (χ3n) is 9.81. The number of halogens is 25. The van der Waals surface area contributed by atoms with Crippen molar-refractivity contribution >= 4 is 50.5 Å². The van der Waals surface area contributed by atoms with E-state index in [1.807, 2.05) is 12.1 Å². The second-order valence-corrected chi connectivity index (χ2v) is 17.7. The second kappa shape index (κ2) is 18.8. The molecule has 0 N–H and O–H groups in total. The van der Waals surface area contributed by atoms with Crippen LogP contribution in [0.5, 0.6) is 0 Å². The fourth-order valence-electron chi connectivity index (χ4n) is 6.98. The molecule has 0 fully saturated rings. The quantitative estimate of drug-likeness (QED) is 0.0903. The average molecular weight is 1050 g/mol. The van der Waals surface area contributed by atoms with Crippen LogP contribution in [0.3, 0.4) is 0 Å². The Bertz CT molecular complexity index is 2140. The molecule has 5 aromatic rings. The number of alkyl halides is 24. The van der Waals surface area contributed by atoms with Gasteiger partial charge in [0.05, 0.1) is 57.0 Å². The minimum absolute atomic E-state index is 0.484. The molecule has 0 aliphatic heterocycles. The molecule has 5 rings (SSSR count). The minimum Gasteiger partial charge on any atom is -0.194 e. The average Bonchev–Trinajstić information content (AvgIpc) is 3.16. The summed E-state index contributed by atoms with van der Waals surface area (Å²) in [4.78, 5) is 0. The van der Waals surface area contributed by atoms with E-state index >= 15 is 0 Å². The minimum atomic E-state index is -6.13. The molecule has 27 heteroatoms. The second-order valence-electron chi connectivity index (χ2n) is 15.0. The molecule has 0 nitrogen and oxygen atoms in total. The van der Waals surface area contributed by atoms with Crippen LogP contribution in [0.4, 0.5) is 105 Å². The first kappa shape index (κ1) is 55.7. The number of benzene rings is 5. The van der Waals surface area contributed by atoms with Gasteiger partial charge in [-0.15, -0.1) is 0 Å². The topological polar surface area (TPSA) is 0 Å². The lowest BCUT2D eigenvalue weighted by molar-refractivity contribution is -0.144. The zero-order valence-electron chi connectivity index (χ0n) is 33.4. The van der Waals surface area contributed by atoms with Gasteiger partial charge in [0.1, 0.15) is 11.9 Å². The van der Waals surface area contributed by atoms with Gasteiger partial charge in [-0.2, -0.15) is 127 Å². The van der Waals surface area contributed by atoms with Gasteiger partial charge < -0.3 is 0 Å². The molecular formula is C41H24BClF24S. The normalized spacial score (nSPS) is 13.7. The van der Waals surface area contributed by atoms with Crippen LogP contribution in [0, 0.1) is 0 Å². The van der Waals surface area contributed by atoms with E-state index in [-0.39, 0.29) is 0 Å². The molecule has 5 aromatic carbocycles. The summed E-state index contributed by atoms with van der Waals surface area (Å²) in [7, 11) is 0.484. The Morgan fingerprint density at radius 2 is 0.500 bits per heavy atom. The highest BCUT2D eigenvalue weighted by Gasteiger charge is 2.47. The summed E-state index contributed by atoms with van der Waals surface area (Å²) >= 11 is 5.75. The number of hydrogen-bond acceptors (Lipinski definition) is 0. The summed E-state index contributed by atoms with van der Waals surface area (Å²) in [6.07, 6.45) is -50.3. The van der Waals surface area contributed by atoms with Crippen molar-refractivity contribution in [3.8, 4) is 0 Å². The van der Waals surface area contributed by atoms with Gasteiger partial charge in [-0.05, 0) is 47.3 Å². The fraction of sp³-hybridized carbons (Fsp3) is 0.268. The lowest BCUT2D eigenvalue weighted by Crippen LogP contribution is -2.75. The van der Waals surface area contributed by atoms with E-state index in [0.29, 0.717) is 10.9 Å². The van der Waals surface area contributed by atoms with Crippen molar-refractivity contribution in [3.05, 3.63) is 152 Å². The number of rotatable bonds is 6. The molecule has 0 aliphatic rings. The van der Waals surface area contributed by atoms with Crippen molar-refractivity contribution in [2.45, 2.75) is 55.2 Å². The van der Waals surface area contributed by atoms with Gasteiger partial charge in [0.2, 0.25) is 0 Å². The molecule has 0 aliphatic carbocycles. The van der Waals surface area contributed by atoms with Crippen molar-refractivity contribution < 1.29 is 105 Å². The lowest BCUT2D eigenvalue weighted by Gasteiger charge is -2.46. The van der Waals surface area contributed by atoms with E-state index in [0.717, 1.165) is 10.8 Å². The molecule has 0 bridgehead atoms. The summed E-state index contributed by atoms with van der Waals surface area (Å²) in [5, 5.41) is 0.820. The maximum Gasteiger partial charge on any atom is 0.416 e. The van der Waals surface area contributed by atoms with Gasteiger partial charge in [-0.25, -0.2) is 0 Å². The molecule has 0 amide bonds. The van der Waals surface area contributed by atoms with Crippen LogP contribution in [-0.4, -0.2) is 18.7 Å². The smallest absolute Gasteiger partial charge is 0.194 e. The summed E-state index contributed by atoms with van der Waals surface area (Å²) in [5.41, 5.74) is -28.8. The van der Waals surface area contributed by atoms with Crippen molar-refractivity contribution in [2.75, 3.05) is 12.5 Å². The predicted molar refractivity (Wildman–Crippen MR) is 204 cm³/mol. The van der Waals surface area contributed by atoms with Gasteiger partial charge >= 0.3 is 49.4 Å². The monoisotopic (exact) mass is 1050 g/mol. The zero-order chi connectivity index (χ0) is 52.2. The first-order valence-corrected chi connectivity index (χ1v) is 20.7. The van der Waals surface area contributed by atoms with Crippen molar-refractivity contribution in [1.82, 2.24) is 0 Å². The summed E-state index contributed by atoms with van der Waals surface area (Å²) in [6.45, 7) is 0. The zero-order valence-corrected chi connectivity index (χ0v) is 35.0. The van der Waals surface area contributed by atoms with E-state index in [2.05, 4.69) is 24.6 Å². The molecule has 372 valence electrons.